The van der Waals surface area contributed by atoms with Crippen LogP contribution in [0.5, 0.6) is 0 Å². The van der Waals surface area contributed by atoms with Gasteiger partial charge in [-0.15, -0.1) is 10.2 Å². The van der Waals surface area contributed by atoms with Crippen molar-refractivity contribution in [2.75, 3.05) is 5.75 Å². The molecule has 0 radical (unpaired) electrons. The lowest BCUT2D eigenvalue weighted by Gasteiger charge is -2.14. The van der Waals surface area contributed by atoms with Crippen molar-refractivity contribution in [2.45, 2.75) is 31.6 Å². The molecule has 0 saturated heterocycles. The highest BCUT2D eigenvalue weighted by atomic mass is 79.9. The van der Waals surface area contributed by atoms with Crippen molar-refractivity contribution in [3.05, 3.63) is 52.7 Å². The molecular weight excluding hydrogens is 416 g/mol. The molecule has 3 rings (SSSR count). The average Bonchev–Trinajstić information content (AvgIpc) is 3.26. The third kappa shape index (κ3) is 4.37. The Kier molecular flexibility index (Phi) is 6.16. The van der Waals surface area contributed by atoms with E-state index in [-0.39, 0.29) is 17.7 Å². The van der Waals surface area contributed by atoms with Crippen LogP contribution in [0.25, 0.3) is 11.6 Å². The third-order valence-corrected chi connectivity index (χ3v) is 5.23. The van der Waals surface area contributed by atoms with Gasteiger partial charge in [0.1, 0.15) is 0 Å². The fraction of sp³-hybridized carbons (Fsp3) is 0.278. The van der Waals surface area contributed by atoms with Gasteiger partial charge < -0.3 is 9.73 Å². The number of carbonyl (C=O) groups is 1. The first-order valence-corrected chi connectivity index (χ1v) is 10.0. The van der Waals surface area contributed by atoms with Gasteiger partial charge in [0.2, 0.25) is 11.7 Å². The zero-order valence-electron chi connectivity index (χ0n) is 14.5. The summed E-state index contributed by atoms with van der Waals surface area (Å²) in [6.45, 7) is 4.66. The number of hydrogen-bond acceptors (Lipinski definition) is 5. The smallest absolute Gasteiger partial charge is 0.230 e. The minimum Gasteiger partial charge on any atom is -0.446 e. The van der Waals surface area contributed by atoms with Crippen LogP contribution in [-0.2, 0) is 11.3 Å². The second-order valence-corrected chi connectivity index (χ2v) is 7.37. The molecule has 136 valence electrons. The lowest BCUT2D eigenvalue weighted by Crippen LogP contribution is -2.28. The number of benzene rings is 1. The number of rotatable bonds is 7. The Bertz CT molecular complexity index is 878. The topological polar surface area (TPSA) is 73.0 Å². The van der Waals surface area contributed by atoms with Gasteiger partial charge in [-0.05, 0) is 47.5 Å². The molecule has 3 aromatic rings. The number of halogens is 1. The molecule has 0 fully saturated rings. The first kappa shape index (κ1) is 18.7. The monoisotopic (exact) mass is 434 g/mol. The van der Waals surface area contributed by atoms with Crippen LogP contribution in [0.1, 0.15) is 25.5 Å². The summed E-state index contributed by atoms with van der Waals surface area (Å²) >= 11 is 4.66. The molecule has 8 heteroatoms. The Hall–Kier alpha value is -2.06. The van der Waals surface area contributed by atoms with Crippen LogP contribution >= 0.6 is 27.7 Å². The molecule has 0 aliphatic carbocycles. The van der Waals surface area contributed by atoms with Gasteiger partial charge in [0.05, 0.1) is 11.8 Å². The van der Waals surface area contributed by atoms with Crippen molar-refractivity contribution in [2.24, 2.45) is 0 Å². The Balaban J connectivity index is 1.62. The summed E-state index contributed by atoms with van der Waals surface area (Å²) < 4.78 is 8.13. The normalized spacial score (nSPS) is 12.1. The van der Waals surface area contributed by atoms with Crippen LogP contribution in [0.15, 0.2) is 56.7 Å². The summed E-state index contributed by atoms with van der Waals surface area (Å²) in [5, 5.41) is 12.1. The van der Waals surface area contributed by atoms with Gasteiger partial charge >= 0.3 is 0 Å². The van der Waals surface area contributed by atoms with E-state index in [9.17, 15) is 4.79 Å². The predicted molar refractivity (Wildman–Crippen MR) is 105 cm³/mol. The van der Waals surface area contributed by atoms with Gasteiger partial charge in [-0.1, -0.05) is 42.1 Å². The van der Waals surface area contributed by atoms with E-state index >= 15 is 0 Å². The molecule has 2 heterocycles. The molecule has 1 atom stereocenters. The highest BCUT2D eigenvalue weighted by molar-refractivity contribution is 9.10. The molecule has 0 bridgehead atoms. The molecule has 1 amide bonds. The number of nitrogens with zero attached hydrogens (tertiary/aromatic N) is 3. The zero-order chi connectivity index (χ0) is 18.5. The Labute approximate surface area is 164 Å². The number of nitrogens with one attached hydrogen (secondary N) is 1. The zero-order valence-corrected chi connectivity index (χ0v) is 16.9. The Morgan fingerprint density at radius 3 is 2.69 bits per heavy atom. The average molecular weight is 435 g/mol. The van der Waals surface area contributed by atoms with Gasteiger partial charge in [0.15, 0.2) is 15.6 Å². The van der Waals surface area contributed by atoms with Crippen LogP contribution < -0.4 is 5.32 Å². The Morgan fingerprint density at radius 1 is 1.27 bits per heavy atom. The molecule has 1 unspecified atom stereocenters. The van der Waals surface area contributed by atoms with Crippen molar-refractivity contribution in [1.82, 2.24) is 20.1 Å². The number of furan rings is 1. The van der Waals surface area contributed by atoms with Crippen molar-refractivity contribution in [3.63, 3.8) is 0 Å². The molecule has 6 nitrogen and oxygen atoms in total. The molecule has 0 spiro atoms. The molecule has 0 aliphatic rings. The summed E-state index contributed by atoms with van der Waals surface area (Å²) in [6, 6.07) is 13.5. The lowest BCUT2D eigenvalue weighted by atomic mass is 10.1. The van der Waals surface area contributed by atoms with Gasteiger partial charge in [0, 0.05) is 6.54 Å². The van der Waals surface area contributed by atoms with E-state index in [0.29, 0.717) is 28.0 Å². The quantitative estimate of drug-likeness (QED) is 0.561. The molecule has 0 saturated carbocycles. The first-order chi connectivity index (χ1) is 12.6. The molecule has 1 N–H and O–H groups in total. The predicted octanol–water partition coefficient (Wildman–Crippen LogP) is 4.29. The maximum Gasteiger partial charge on any atom is 0.230 e. The standard InChI is InChI=1S/C18H19BrN4O2S/c1-3-23-17(14-9-10-15(19)25-14)21-22-18(23)26-11-16(24)20-12(2)13-7-5-4-6-8-13/h4-10,12H,3,11H2,1-2H3,(H,20,24). The highest BCUT2D eigenvalue weighted by Crippen LogP contribution is 2.27. The van der Waals surface area contributed by atoms with Crippen LogP contribution in [0.2, 0.25) is 0 Å². The second-order valence-electron chi connectivity index (χ2n) is 5.64. The van der Waals surface area contributed by atoms with Gasteiger partial charge in [-0.25, -0.2) is 0 Å². The van der Waals surface area contributed by atoms with E-state index in [1.807, 2.05) is 60.9 Å². The number of aromatic nitrogens is 3. The largest absolute Gasteiger partial charge is 0.446 e. The van der Waals surface area contributed by atoms with Gasteiger partial charge in [-0.3, -0.25) is 9.36 Å². The SMILES string of the molecule is CCn1c(SCC(=O)NC(C)c2ccccc2)nnc1-c1ccc(Br)o1. The summed E-state index contributed by atoms with van der Waals surface area (Å²) in [5.41, 5.74) is 1.08. The van der Waals surface area contributed by atoms with Crippen LogP contribution in [0.3, 0.4) is 0 Å². The van der Waals surface area contributed by atoms with Crippen LogP contribution in [0, 0.1) is 0 Å². The number of thioether (sulfide) groups is 1. The van der Waals surface area contributed by atoms with E-state index in [0.717, 1.165) is 5.56 Å². The van der Waals surface area contributed by atoms with Crippen molar-refractivity contribution >= 4 is 33.6 Å². The van der Waals surface area contributed by atoms with E-state index in [1.54, 1.807) is 0 Å². The van der Waals surface area contributed by atoms with E-state index < -0.39 is 0 Å². The van der Waals surface area contributed by atoms with E-state index in [4.69, 9.17) is 4.42 Å². The van der Waals surface area contributed by atoms with Crippen LogP contribution in [-0.4, -0.2) is 26.4 Å². The molecule has 2 aromatic heterocycles. The molecule has 0 aliphatic heterocycles. The first-order valence-electron chi connectivity index (χ1n) is 8.24. The van der Waals surface area contributed by atoms with Crippen molar-refractivity contribution in [1.29, 1.82) is 0 Å². The molecule has 1 aromatic carbocycles. The number of hydrogen-bond donors (Lipinski definition) is 1. The van der Waals surface area contributed by atoms with Gasteiger partial charge in [-0.2, -0.15) is 0 Å². The summed E-state index contributed by atoms with van der Waals surface area (Å²) in [4.78, 5) is 12.3. The highest BCUT2D eigenvalue weighted by Gasteiger charge is 2.17. The van der Waals surface area contributed by atoms with Gasteiger partial charge in [0.25, 0.3) is 0 Å². The maximum atomic E-state index is 12.3. The Morgan fingerprint density at radius 2 is 2.04 bits per heavy atom. The number of carbonyl (C=O) groups excluding carboxylic acids is 1. The lowest BCUT2D eigenvalue weighted by molar-refractivity contribution is -0.119. The summed E-state index contributed by atoms with van der Waals surface area (Å²) in [5.74, 6) is 1.52. The summed E-state index contributed by atoms with van der Waals surface area (Å²) in [6.07, 6.45) is 0. The van der Waals surface area contributed by atoms with Crippen molar-refractivity contribution in [3.8, 4) is 11.6 Å². The third-order valence-electron chi connectivity index (χ3n) is 3.84. The number of amides is 1. The second kappa shape index (κ2) is 8.55. The molecule has 26 heavy (non-hydrogen) atoms. The maximum absolute atomic E-state index is 12.3. The molecular formula is C18H19BrN4O2S. The summed E-state index contributed by atoms with van der Waals surface area (Å²) in [7, 11) is 0. The fourth-order valence-corrected chi connectivity index (χ4v) is 3.66. The van der Waals surface area contributed by atoms with Crippen LogP contribution in [0.4, 0.5) is 0 Å². The van der Waals surface area contributed by atoms with E-state index in [1.165, 1.54) is 11.8 Å². The van der Waals surface area contributed by atoms with E-state index in [2.05, 4.69) is 31.4 Å². The fourth-order valence-electron chi connectivity index (χ4n) is 2.54. The minimum absolute atomic E-state index is 0.0376. The minimum atomic E-state index is -0.0423. The van der Waals surface area contributed by atoms with Crippen molar-refractivity contribution < 1.29 is 9.21 Å².